The Morgan fingerprint density at radius 2 is 1.96 bits per heavy atom. The zero-order chi connectivity index (χ0) is 17.6. The molecule has 126 valence electrons. The van der Waals surface area contributed by atoms with Gasteiger partial charge < -0.3 is 14.8 Å². The number of nitrogens with one attached hydrogen (secondary N) is 1. The predicted molar refractivity (Wildman–Crippen MR) is 93.0 cm³/mol. The Hall–Kier alpha value is -3.08. The molecular weight excluding hydrogens is 318 g/mol. The molecular formula is C20H17NO4. The molecule has 1 amide bonds. The number of amides is 1. The average molecular weight is 335 g/mol. The summed E-state index contributed by atoms with van der Waals surface area (Å²) in [4.78, 5) is 23.7. The van der Waals surface area contributed by atoms with E-state index < -0.39 is 5.97 Å². The molecule has 0 aliphatic heterocycles. The number of aryl methyl sites for hydroxylation is 1. The SMILES string of the molecule is Cc1cccc2c(C(=O)NC3Cc4ccc(C(=O)O)cc4C3)coc12. The largest absolute Gasteiger partial charge is 0.478 e. The summed E-state index contributed by atoms with van der Waals surface area (Å²) in [5.41, 5.74) is 4.60. The molecule has 5 nitrogen and oxygen atoms in total. The highest BCUT2D eigenvalue weighted by Gasteiger charge is 2.25. The lowest BCUT2D eigenvalue weighted by Crippen LogP contribution is -2.35. The molecule has 0 spiro atoms. The Balaban J connectivity index is 1.54. The van der Waals surface area contributed by atoms with Gasteiger partial charge in [-0.05, 0) is 48.6 Å². The quantitative estimate of drug-likeness (QED) is 0.769. The molecule has 3 aromatic rings. The van der Waals surface area contributed by atoms with E-state index in [9.17, 15) is 9.59 Å². The second-order valence-corrected chi connectivity index (χ2v) is 6.47. The average Bonchev–Trinajstić information content (AvgIpc) is 3.17. The highest BCUT2D eigenvalue weighted by Crippen LogP contribution is 2.26. The Bertz CT molecular complexity index is 1000. The van der Waals surface area contributed by atoms with Crippen LogP contribution in [0.25, 0.3) is 11.0 Å². The van der Waals surface area contributed by atoms with Gasteiger partial charge in [-0.3, -0.25) is 4.79 Å². The highest BCUT2D eigenvalue weighted by atomic mass is 16.4. The zero-order valence-corrected chi connectivity index (χ0v) is 13.7. The van der Waals surface area contributed by atoms with E-state index >= 15 is 0 Å². The van der Waals surface area contributed by atoms with Gasteiger partial charge in [0.05, 0.1) is 11.1 Å². The van der Waals surface area contributed by atoms with Gasteiger partial charge in [-0.1, -0.05) is 24.3 Å². The first-order valence-corrected chi connectivity index (χ1v) is 8.15. The number of hydrogen-bond acceptors (Lipinski definition) is 3. The molecule has 1 atom stereocenters. The van der Waals surface area contributed by atoms with Crippen LogP contribution >= 0.6 is 0 Å². The van der Waals surface area contributed by atoms with E-state index in [1.165, 1.54) is 6.26 Å². The van der Waals surface area contributed by atoms with Gasteiger partial charge in [-0.2, -0.15) is 0 Å². The standard InChI is InChI=1S/C20H17NO4/c1-11-3-2-4-16-17(10-25-18(11)16)19(22)21-15-8-12-5-6-13(20(23)24)7-14(12)9-15/h2-7,10,15H,8-9H2,1H3,(H,21,22)(H,23,24). The molecule has 0 bridgehead atoms. The van der Waals surface area contributed by atoms with Gasteiger partial charge in [-0.25, -0.2) is 4.79 Å². The molecule has 0 radical (unpaired) electrons. The van der Waals surface area contributed by atoms with E-state index in [0.29, 0.717) is 18.4 Å². The lowest BCUT2D eigenvalue weighted by molar-refractivity contribution is 0.0696. The summed E-state index contributed by atoms with van der Waals surface area (Å²) in [6, 6.07) is 10.8. The summed E-state index contributed by atoms with van der Waals surface area (Å²) in [5.74, 6) is -1.10. The summed E-state index contributed by atoms with van der Waals surface area (Å²) < 4.78 is 5.54. The molecule has 25 heavy (non-hydrogen) atoms. The Kier molecular flexibility index (Phi) is 3.57. The minimum Gasteiger partial charge on any atom is -0.478 e. The van der Waals surface area contributed by atoms with Crippen molar-refractivity contribution >= 4 is 22.8 Å². The van der Waals surface area contributed by atoms with Crippen molar-refractivity contribution in [3.63, 3.8) is 0 Å². The fourth-order valence-electron chi connectivity index (χ4n) is 3.49. The maximum Gasteiger partial charge on any atom is 0.335 e. The third-order valence-corrected chi connectivity index (χ3v) is 4.76. The van der Waals surface area contributed by atoms with Crippen LogP contribution in [-0.2, 0) is 12.8 Å². The lowest BCUT2D eigenvalue weighted by Gasteiger charge is -2.11. The van der Waals surface area contributed by atoms with Crippen molar-refractivity contribution in [3.8, 4) is 0 Å². The van der Waals surface area contributed by atoms with Crippen LogP contribution in [0.3, 0.4) is 0 Å². The number of para-hydroxylation sites is 1. The van der Waals surface area contributed by atoms with Crippen LogP contribution in [-0.4, -0.2) is 23.0 Å². The second-order valence-electron chi connectivity index (χ2n) is 6.47. The summed E-state index contributed by atoms with van der Waals surface area (Å²) in [6.07, 6.45) is 2.84. The van der Waals surface area contributed by atoms with Crippen molar-refractivity contribution < 1.29 is 19.1 Å². The number of hydrogen-bond donors (Lipinski definition) is 2. The van der Waals surface area contributed by atoms with E-state index in [1.54, 1.807) is 12.1 Å². The van der Waals surface area contributed by atoms with Crippen LogP contribution in [0.15, 0.2) is 47.1 Å². The van der Waals surface area contributed by atoms with Crippen molar-refractivity contribution in [3.05, 3.63) is 70.5 Å². The van der Waals surface area contributed by atoms with E-state index in [0.717, 1.165) is 27.7 Å². The van der Waals surface area contributed by atoms with Crippen molar-refractivity contribution in [2.24, 2.45) is 0 Å². The van der Waals surface area contributed by atoms with Gasteiger partial charge in [0.2, 0.25) is 0 Å². The fourth-order valence-corrected chi connectivity index (χ4v) is 3.49. The predicted octanol–water partition coefficient (Wildman–Crippen LogP) is 3.34. The van der Waals surface area contributed by atoms with Gasteiger partial charge in [0.1, 0.15) is 11.8 Å². The number of rotatable bonds is 3. The second kappa shape index (κ2) is 5.77. The fraction of sp³-hybridized carbons (Fsp3) is 0.200. The normalized spacial score (nSPS) is 16.0. The first-order valence-electron chi connectivity index (χ1n) is 8.15. The van der Waals surface area contributed by atoms with E-state index in [-0.39, 0.29) is 17.5 Å². The van der Waals surface area contributed by atoms with E-state index in [4.69, 9.17) is 9.52 Å². The van der Waals surface area contributed by atoms with Crippen molar-refractivity contribution in [2.45, 2.75) is 25.8 Å². The smallest absolute Gasteiger partial charge is 0.335 e. The van der Waals surface area contributed by atoms with Gasteiger partial charge in [-0.15, -0.1) is 0 Å². The molecule has 1 unspecified atom stereocenters. The maximum atomic E-state index is 12.6. The molecule has 1 heterocycles. The summed E-state index contributed by atoms with van der Waals surface area (Å²) in [6.45, 7) is 1.95. The summed E-state index contributed by atoms with van der Waals surface area (Å²) in [7, 11) is 0. The van der Waals surface area contributed by atoms with Crippen LogP contribution < -0.4 is 5.32 Å². The number of furan rings is 1. The molecule has 4 rings (SSSR count). The molecule has 1 aliphatic rings. The first kappa shape index (κ1) is 15.4. The van der Waals surface area contributed by atoms with Gasteiger partial charge in [0, 0.05) is 11.4 Å². The molecule has 1 aromatic heterocycles. The highest BCUT2D eigenvalue weighted by molar-refractivity contribution is 6.06. The van der Waals surface area contributed by atoms with Gasteiger partial charge in [0.25, 0.3) is 5.91 Å². The number of carbonyl (C=O) groups excluding carboxylic acids is 1. The van der Waals surface area contributed by atoms with Crippen molar-refractivity contribution in [2.75, 3.05) is 0 Å². The van der Waals surface area contributed by atoms with Crippen LogP contribution in [0, 0.1) is 6.92 Å². The molecule has 2 aromatic carbocycles. The van der Waals surface area contributed by atoms with Crippen LogP contribution in [0.2, 0.25) is 0 Å². The first-order chi connectivity index (χ1) is 12.0. The van der Waals surface area contributed by atoms with Gasteiger partial charge >= 0.3 is 5.97 Å². The Labute approximate surface area is 144 Å². The molecule has 5 heteroatoms. The zero-order valence-electron chi connectivity index (χ0n) is 13.7. The number of carboxylic acids is 1. The van der Waals surface area contributed by atoms with E-state index in [1.807, 2.05) is 31.2 Å². The molecule has 0 fully saturated rings. The summed E-state index contributed by atoms with van der Waals surface area (Å²) in [5, 5.41) is 12.9. The van der Waals surface area contributed by atoms with Crippen molar-refractivity contribution in [1.82, 2.24) is 5.32 Å². The van der Waals surface area contributed by atoms with Crippen LogP contribution in [0.4, 0.5) is 0 Å². The topological polar surface area (TPSA) is 79.5 Å². The number of aromatic carboxylic acids is 1. The van der Waals surface area contributed by atoms with Crippen molar-refractivity contribution in [1.29, 1.82) is 0 Å². The van der Waals surface area contributed by atoms with Gasteiger partial charge in [0.15, 0.2) is 0 Å². The van der Waals surface area contributed by atoms with Crippen LogP contribution in [0.5, 0.6) is 0 Å². The number of benzene rings is 2. The Morgan fingerprint density at radius 1 is 1.16 bits per heavy atom. The molecule has 0 saturated heterocycles. The third-order valence-electron chi connectivity index (χ3n) is 4.76. The third kappa shape index (κ3) is 2.67. The monoisotopic (exact) mass is 335 g/mol. The van der Waals surface area contributed by atoms with Crippen LogP contribution in [0.1, 0.15) is 37.4 Å². The molecule has 1 aliphatic carbocycles. The molecule has 0 saturated carbocycles. The molecule has 2 N–H and O–H groups in total. The Morgan fingerprint density at radius 3 is 2.76 bits per heavy atom. The minimum absolute atomic E-state index is 0.0405. The number of carboxylic acid groups (broad SMARTS) is 1. The minimum atomic E-state index is -0.935. The number of fused-ring (bicyclic) bond motifs is 2. The number of carbonyl (C=O) groups is 2. The lowest BCUT2D eigenvalue weighted by atomic mass is 10.1. The maximum absolute atomic E-state index is 12.6. The summed E-state index contributed by atoms with van der Waals surface area (Å²) >= 11 is 0. The van der Waals surface area contributed by atoms with E-state index in [2.05, 4.69) is 5.32 Å².